The van der Waals surface area contributed by atoms with E-state index < -0.39 is 35.8 Å². The molecule has 1 aliphatic rings. The Balaban J connectivity index is 2.67. The fourth-order valence-corrected chi connectivity index (χ4v) is 1.92. The highest BCUT2D eigenvalue weighted by atomic mass is 19.3. The molecule has 0 fully saturated rings. The van der Waals surface area contributed by atoms with E-state index in [0.717, 1.165) is 6.07 Å². The Morgan fingerprint density at radius 1 is 1.26 bits per heavy atom. The number of nitrogen functional groups attached to an aromatic ring is 1. The van der Waals surface area contributed by atoms with Crippen LogP contribution in [0.2, 0.25) is 0 Å². The first-order valence-electron chi connectivity index (χ1n) is 5.32. The summed E-state index contributed by atoms with van der Waals surface area (Å²) >= 11 is 0. The van der Waals surface area contributed by atoms with E-state index in [0.29, 0.717) is 6.07 Å². The molecule has 0 bridgehead atoms. The molecule has 0 saturated heterocycles. The van der Waals surface area contributed by atoms with Crippen LogP contribution in [0.1, 0.15) is 5.56 Å². The van der Waals surface area contributed by atoms with Gasteiger partial charge >= 0.3 is 0 Å². The summed E-state index contributed by atoms with van der Waals surface area (Å²) in [5.41, 5.74) is 7.49. The number of benzene rings is 1. The van der Waals surface area contributed by atoms with Gasteiger partial charge in [-0.2, -0.15) is 0 Å². The molecule has 1 unspecified atom stereocenters. The summed E-state index contributed by atoms with van der Waals surface area (Å²) in [4.78, 5) is 3.58. The number of ether oxygens (including phenoxy) is 1. The number of nitrogens with two attached hydrogens (primary N) is 2. The number of nitrogens with zero attached hydrogens (tertiary/aromatic N) is 1. The molecule has 0 radical (unpaired) electrons. The number of anilines is 1. The molecule has 4 N–H and O–H groups in total. The van der Waals surface area contributed by atoms with Crippen LogP contribution in [0.25, 0.3) is 0 Å². The van der Waals surface area contributed by atoms with Crippen LogP contribution in [0.5, 0.6) is 0 Å². The Labute approximate surface area is 106 Å². The molecule has 104 valence electrons. The summed E-state index contributed by atoms with van der Waals surface area (Å²) < 4.78 is 58.6. The molecule has 1 heterocycles. The number of halogens is 4. The topological polar surface area (TPSA) is 73.6 Å². The molecule has 1 aromatic carbocycles. The molecule has 1 atom stereocenters. The molecule has 19 heavy (non-hydrogen) atoms. The molecular weight excluding hydrogens is 266 g/mol. The Hall–Kier alpha value is -1.83. The maximum Gasteiger partial charge on any atom is 0.269 e. The van der Waals surface area contributed by atoms with Gasteiger partial charge in [-0.25, -0.2) is 17.6 Å². The molecule has 4 nitrogen and oxygen atoms in total. The van der Waals surface area contributed by atoms with Gasteiger partial charge in [-0.1, -0.05) is 0 Å². The highest BCUT2D eigenvalue weighted by molar-refractivity contribution is 5.82. The number of aliphatic imine (C=N–C) groups is 1. The second kappa shape index (κ2) is 4.69. The Kier molecular flexibility index (Phi) is 3.36. The zero-order chi connectivity index (χ0) is 14.2. The number of alkyl halides is 2. The molecular formula is C11H11F4N3O. The monoisotopic (exact) mass is 277 g/mol. The standard InChI is InChI=1S/C11H11F4N3O/c12-7-2-5(16)1-6(9(7)13)11(10(14)15)4-19-3-8(17)18-11/h1-2,10H,3-4,16H2,(H2,17,18). The fourth-order valence-electron chi connectivity index (χ4n) is 1.92. The number of hydrogen-bond acceptors (Lipinski definition) is 4. The fraction of sp³-hybridized carbons (Fsp3) is 0.364. The van der Waals surface area contributed by atoms with E-state index in [-0.39, 0.29) is 18.1 Å². The van der Waals surface area contributed by atoms with Gasteiger partial charge in [0.2, 0.25) is 0 Å². The molecule has 2 rings (SSSR count). The van der Waals surface area contributed by atoms with Crippen molar-refractivity contribution >= 4 is 11.5 Å². The molecule has 8 heteroatoms. The van der Waals surface area contributed by atoms with Crippen molar-refractivity contribution in [2.75, 3.05) is 18.9 Å². The first-order chi connectivity index (χ1) is 8.86. The lowest BCUT2D eigenvalue weighted by Crippen LogP contribution is -2.45. The van der Waals surface area contributed by atoms with Gasteiger partial charge in [0.15, 0.2) is 17.2 Å². The maximum atomic E-state index is 13.8. The molecule has 1 aromatic rings. The summed E-state index contributed by atoms with van der Waals surface area (Å²) in [5, 5.41) is 0. The van der Waals surface area contributed by atoms with Gasteiger partial charge in [0.25, 0.3) is 6.43 Å². The van der Waals surface area contributed by atoms with Crippen molar-refractivity contribution in [3.8, 4) is 0 Å². The molecule has 0 aliphatic carbocycles. The zero-order valence-corrected chi connectivity index (χ0v) is 9.67. The van der Waals surface area contributed by atoms with Crippen LogP contribution >= 0.6 is 0 Å². The van der Waals surface area contributed by atoms with Crippen molar-refractivity contribution < 1.29 is 22.3 Å². The van der Waals surface area contributed by atoms with Crippen molar-refractivity contribution in [3.63, 3.8) is 0 Å². The maximum absolute atomic E-state index is 13.8. The minimum absolute atomic E-state index is 0.138. The average molecular weight is 277 g/mol. The minimum atomic E-state index is -3.12. The SMILES string of the molecule is NC1=NC(c2cc(N)cc(F)c2F)(C(F)F)COC1. The van der Waals surface area contributed by atoms with Gasteiger partial charge in [-0.15, -0.1) is 0 Å². The lowest BCUT2D eigenvalue weighted by molar-refractivity contribution is -0.0148. The zero-order valence-electron chi connectivity index (χ0n) is 9.67. The van der Waals surface area contributed by atoms with Crippen LogP contribution in [0.3, 0.4) is 0 Å². The lowest BCUT2D eigenvalue weighted by Gasteiger charge is -2.33. The van der Waals surface area contributed by atoms with Gasteiger partial charge in [-0.05, 0) is 12.1 Å². The van der Waals surface area contributed by atoms with Crippen LogP contribution < -0.4 is 11.5 Å². The van der Waals surface area contributed by atoms with Crippen LogP contribution in [0.15, 0.2) is 17.1 Å². The van der Waals surface area contributed by atoms with Gasteiger partial charge in [0.1, 0.15) is 12.4 Å². The molecule has 0 amide bonds. The third kappa shape index (κ3) is 2.23. The van der Waals surface area contributed by atoms with Crippen LogP contribution in [-0.2, 0) is 10.3 Å². The molecule has 0 aromatic heterocycles. The molecule has 0 spiro atoms. The summed E-state index contributed by atoms with van der Waals surface area (Å²) in [5.74, 6) is -2.97. The highest BCUT2D eigenvalue weighted by Gasteiger charge is 2.47. The second-order valence-electron chi connectivity index (χ2n) is 4.19. The average Bonchev–Trinajstić information content (AvgIpc) is 2.33. The molecule has 0 saturated carbocycles. The van der Waals surface area contributed by atoms with Gasteiger partial charge in [0.05, 0.1) is 6.61 Å². The van der Waals surface area contributed by atoms with E-state index in [2.05, 4.69) is 4.99 Å². The highest BCUT2D eigenvalue weighted by Crippen LogP contribution is 2.38. The Morgan fingerprint density at radius 3 is 2.53 bits per heavy atom. The smallest absolute Gasteiger partial charge is 0.269 e. The largest absolute Gasteiger partial charge is 0.399 e. The lowest BCUT2D eigenvalue weighted by atomic mass is 9.89. The van der Waals surface area contributed by atoms with E-state index in [1.807, 2.05) is 0 Å². The van der Waals surface area contributed by atoms with Crippen LogP contribution in [-0.4, -0.2) is 25.5 Å². The first kappa shape index (κ1) is 13.6. The van der Waals surface area contributed by atoms with E-state index in [9.17, 15) is 17.6 Å². The van der Waals surface area contributed by atoms with Gasteiger partial charge in [-0.3, -0.25) is 4.99 Å². The van der Waals surface area contributed by atoms with Gasteiger partial charge < -0.3 is 16.2 Å². The first-order valence-corrected chi connectivity index (χ1v) is 5.32. The van der Waals surface area contributed by atoms with Crippen LogP contribution in [0, 0.1) is 11.6 Å². The quantitative estimate of drug-likeness (QED) is 0.634. The predicted octanol–water partition coefficient (Wildman–Crippen LogP) is 1.39. The van der Waals surface area contributed by atoms with Crippen molar-refractivity contribution in [2.45, 2.75) is 12.0 Å². The molecule has 1 aliphatic heterocycles. The summed E-state index contributed by atoms with van der Waals surface area (Å²) in [6.07, 6.45) is -3.12. The second-order valence-corrected chi connectivity index (χ2v) is 4.19. The number of hydrogen-bond donors (Lipinski definition) is 2. The van der Waals surface area contributed by atoms with Crippen molar-refractivity contribution in [1.82, 2.24) is 0 Å². The van der Waals surface area contributed by atoms with E-state index in [1.54, 1.807) is 0 Å². The normalized spacial score (nSPS) is 23.5. The summed E-state index contributed by atoms with van der Waals surface area (Å²) in [6, 6.07) is 1.62. The predicted molar refractivity (Wildman–Crippen MR) is 60.9 cm³/mol. The minimum Gasteiger partial charge on any atom is -0.399 e. The summed E-state index contributed by atoms with van der Waals surface area (Å²) in [6.45, 7) is -0.744. The van der Waals surface area contributed by atoms with E-state index in [4.69, 9.17) is 16.2 Å². The Morgan fingerprint density at radius 2 is 1.95 bits per heavy atom. The third-order valence-corrected chi connectivity index (χ3v) is 2.79. The number of amidine groups is 1. The van der Waals surface area contributed by atoms with Crippen molar-refractivity contribution in [3.05, 3.63) is 29.3 Å². The van der Waals surface area contributed by atoms with Crippen LogP contribution in [0.4, 0.5) is 23.2 Å². The van der Waals surface area contributed by atoms with Crippen molar-refractivity contribution in [2.24, 2.45) is 10.7 Å². The number of rotatable bonds is 2. The van der Waals surface area contributed by atoms with Gasteiger partial charge in [0, 0.05) is 11.3 Å². The van der Waals surface area contributed by atoms with Crippen molar-refractivity contribution in [1.29, 1.82) is 0 Å². The van der Waals surface area contributed by atoms with E-state index in [1.165, 1.54) is 0 Å². The summed E-state index contributed by atoms with van der Waals surface area (Å²) in [7, 11) is 0. The van der Waals surface area contributed by atoms with E-state index >= 15 is 0 Å². The third-order valence-electron chi connectivity index (χ3n) is 2.79. The Bertz CT molecular complexity index is 535.